The van der Waals surface area contributed by atoms with Gasteiger partial charge in [-0.15, -0.1) is 0 Å². The number of hydrogen-bond acceptors (Lipinski definition) is 2. The standard InChI is InChI=1S/C11H11N2OS/c14-10-6-7-13(11(15)12-10)8-9-4-2-1-3-5-9/h1-5,7H,6,8H2,(H,12,14,15). The van der Waals surface area contributed by atoms with Crippen molar-refractivity contribution in [1.82, 2.24) is 10.2 Å². The molecule has 1 radical (unpaired) electrons. The van der Waals surface area contributed by atoms with Crippen LogP contribution in [0.5, 0.6) is 0 Å². The normalized spacial score (nSPS) is 16.4. The van der Waals surface area contributed by atoms with Crippen LogP contribution in [0.1, 0.15) is 12.0 Å². The van der Waals surface area contributed by atoms with Gasteiger partial charge < -0.3 is 10.2 Å². The summed E-state index contributed by atoms with van der Waals surface area (Å²) in [5.41, 5.74) is 1.17. The van der Waals surface area contributed by atoms with E-state index in [1.54, 1.807) is 0 Å². The zero-order valence-electron chi connectivity index (χ0n) is 8.14. The van der Waals surface area contributed by atoms with Crippen molar-refractivity contribution in [2.75, 3.05) is 0 Å². The van der Waals surface area contributed by atoms with Crippen LogP contribution in [-0.2, 0) is 11.3 Å². The summed E-state index contributed by atoms with van der Waals surface area (Å²) in [4.78, 5) is 12.9. The maximum Gasteiger partial charge on any atom is 0.228 e. The van der Waals surface area contributed by atoms with E-state index in [0.29, 0.717) is 18.1 Å². The molecule has 1 amide bonds. The Balaban J connectivity index is 2.01. The molecule has 0 spiro atoms. The second-order valence-corrected chi connectivity index (χ2v) is 3.74. The van der Waals surface area contributed by atoms with E-state index in [2.05, 4.69) is 5.32 Å². The number of amides is 1. The summed E-state index contributed by atoms with van der Waals surface area (Å²) in [5.74, 6) is -0.0377. The highest BCUT2D eigenvalue weighted by atomic mass is 32.1. The van der Waals surface area contributed by atoms with Crippen LogP contribution in [-0.4, -0.2) is 15.9 Å². The van der Waals surface area contributed by atoms with Crippen LogP contribution < -0.4 is 5.32 Å². The largest absolute Gasteiger partial charge is 0.339 e. The predicted octanol–water partition coefficient (Wildman–Crippen LogP) is 1.46. The van der Waals surface area contributed by atoms with Crippen LogP contribution >= 0.6 is 12.2 Å². The quantitative estimate of drug-likeness (QED) is 0.764. The van der Waals surface area contributed by atoms with Crippen LogP contribution in [0.2, 0.25) is 0 Å². The molecule has 0 aliphatic carbocycles. The minimum atomic E-state index is -0.0377. The summed E-state index contributed by atoms with van der Waals surface area (Å²) in [6.07, 6.45) is 0.396. The molecule has 15 heavy (non-hydrogen) atoms. The van der Waals surface area contributed by atoms with Gasteiger partial charge in [0.2, 0.25) is 5.91 Å². The van der Waals surface area contributed by atoms with Gasteiger partial charge in [0.05, 0.1) is 6.54 Å². The molecular weight excluding hydrogens is 208 g/mol. The molecule has 1 aromatic carbocycles. The summed E-state index contributed by atoms with van der Waals surface area (Å²) in [6.45, 7) is 2.54. The lowest BCUT2D eigenvalue weighted by Crippen LogP contribution is -2.46. The number of nitrogens with zero attached hydrogens (tertiary/aromatic N) is 1. The fraction of sp³-hybridized carbons (Fsp3) is 0.182. The van der Waals surface area contributed by atoms with Crippen molar-refractivity contribution in [3.63, 3.8) is 0 Å². The Labute approximate surface area is 94.1 Å². The van der Waals surface area contributed by atoms with Gasteiger partial charge in [0, 0.05) is 13.0 Å². The fourth-order valence-electron chi connectivity index (χ4n) is 1.43. The fourth-order valence-corrected chi connectivity index (χ4v) is 1.69. The van der Waals surface area contributed by atoms with Crippen molar-refractivity contribution < 1.29 is 4.79 Å². The van der Waals surface area contributed by atoms with E-state index in [-0.39, 0.29) is 5.91 Å². The molecule has 1 heterocycles. The summed E-state index contributed by atoms with van der Waals surface area (Å²) < 4.78 is 0. The third-order valence-corrected chi connectivity index (χ3v) is 2.54. The molecule has 0 aromatic heterocycles. The molecule has 77 valence electrons. The lowest BCUT2D eigenvalue weighted by atomic mass is 10.2. The van der Waals surface area contributed by atoms with Crippen molar-refractivity contribution in [2.45, 2.75) is 13.0 Å². The van der Waals surface area contributed by atoms with Gasteiger partial charge in [-0.25, -0.2) is 0 Å². The summed E-state index contributed by atoms with van der Waals surface area (Å²) in [7, 11) is 0. The average Bonchev–Trinajstić information content (AvgIpc) is 2.24. The summed E-state index contributed by atoms with van der Waals surface area (Å²) in [6, 6.07) is 10.0. The van der Waals surface area contributed by atoms with E-state index in [1.807, 2.05) is 41.8 Å². The molecule has 0 bridgehead atoms. The third-order valence-electron chi connectivity index (χ3n) is 2.20. The zero-order valence-corrected chi connectivity index (χ0v) is 8.96. The van der Waals surface area contributed by atoms with Crippen molar-refractivity contribution in [3.8, 4) is 0 Å². The van der Waals surface area contributed by atoms with Gasteiger partial charge >= 0.3 is 0 Å². The molecule has 2 rings (SSSR count). The Morgan fingerprint density at radius 2 is 2.07 bits per heavy atom. The van der Waals surface area contributed by atoms with Crippen molar-refractivity contribution in [1.29, 1.82) is 0 Å². The molecule has 3 nitrogen and oxygen atoms in total. The first-order valence-electron chi connectivity index (χ1n) is 4.73. The third kappa shape index (κ3) is 2.53. The molecule has 4 heteroatoms. The Morgan fingerprint density at radius 3 is 2.73 bits per heavy atom. The monoisotopic (exact) mass is 219 g/mol. The van der Waals surface area contributed by atoms with Gasteiger partial charge in [0.1, 0.15) is 0 Å². The van der Waals surface area contributed by atoms with Crippen LogP contribution in [0.3, 0.4) is 0 Å². The average molecular weight is 219 g/mol. The molecule has 1 aromatic rings. The van der Waals surface area contributed by atoms with E-state index in [0.717, 1.165) is 0 Å². The molecule has 1 fully saturated rings. The highest BCUT2D eigenvalue weighted by molar-refractivity contribution is 7.80. The van der Waals surface area contributed by atoms with E-state index in [1.165, 1.54) is 5.56 Å². The van der Waals surface area contributed by atoms with Crippen molar-refractivity contribution in [3.05, 3.63) is 42.4 Å². The van der Waals surface area contributed by atoms with Crippen LogP contribution in [0.15, 0.2) is 30.3 Å². The van der Waals surface area contributed by atoms with Crippen LogP contribution in [0, 0.1) is 6.54 Å². The molecule has 1 N–H and O–H groups in total. The van der Waals surface area contributed by atoms with E-state index in [4.69, 9.17) is 12.2 Å². The van der Waals surface area contributed by atoms with Gasteiger partial charge in [0.15, 0.2) is 5.11 Å². The number of rotatable bonds is 2. The van der Waals surface area contributed by atoms with E-state index >= 15 is 0 Å². The molecule has 1 aliphatic rings. The lowest BCUT2D eigenvalue weighted by molar-refractivity contribution is -0.120. The smallest absolute Gasteiger partial charge is 0.228 e. The summed E-state index contributed by atoms with van der Waals surface area (Å²) in [5, 5.41) is 3.12. The van der Waals surface area contributed by atoms with Gasteiger partial charge in [-0.1, -0.05) is 30.3 Å². The number of nitrogens with one attached hydrogen (secondary N) is 1. The first-order chi connectivity index (χ1) is 7.25. The number of hydrogen-bond donors (Lipinski definition) is 1. The molecule has 1 aliphatic heterocycles. The zero-order chi connectivity index (χ0) is 10.7. The van der Waals surface area contributed by atoms with E-state index in [9.17, 15) is 4.79 Å². The minimum Gasteiger partial charge on any atom is -0.339 e. The highest BCUT2D eigenvalue weighted by Gasteiger charge is 2.19. The van der Waals surface area contributed by atoms with Crippen LogP contribution in [0.4, 0.5) is 0 Å². The first kappa shape index (κ1) is 10.1. The molecule has 0 atom stereocenters. The number of carbonyl (C=O) groups is 1. The minimum absolute atomic E-state index is 0.0377. The number of thiocarbonyl (C=S) groups is 1. The Hall–Kier alpha value is -1.42. The lowest BCUT2D eigenvalue weighted by Gasteiger charge is -2.28. The maximum absolute atomic E-state index is 11.0. The van der Waals surface area contributed by atoms with Gasteiger partial charge in [-0.05, 0) is 17.8 Å². The Bertz CT molecular complexity index is 377. The highest BCUT2D eigenvalue weighted by Crippen LogP contribution is 2.11. The Morgan fingerprint density at radius 1 is 1.33 bits per heavy atom. The maximum atomic E-state index is 11.0. The summed E-state index contributed by atoms with van der Waals surface area (Å²) >= 11 is 5.07. The molecule has 0 saturated carbocycles. The SMILES string of the molecule is O=C1C[CH]N(Cc2ccccc2)C(=S)N1. The van der Waals surface area contributed by atoms with Gasteiger partial charge in [-0.3, -0.25) is 4.79 Å². The van der Waals surface area contributed by atoms with Gasteiger partial charge in [-0.2, -0.15) is 0 Å². The van der Waals surface area contributed by atoms with Crippen molar-refractivity contribution in [2.24, 2.45) is 0 Å². The topological polar surface area (TPSA) is 32.3 Å². The molecule has 1 saturated heterocycles. The van der Waals surface area contributed by atoms with Crippen LogP contribution in [0.25, 0.3) is 0 Å². The van der Waals surface area contributed by atoms with Gasteiger partial charge in [0.25, 0.3) is 0 Å². The van der Waals surface area contributed by atoms with E-state index < -0.39 is 0 Å². The second kappa shape index (κ2) is 4.40. The molecular formula is C11H11N2OS. The van der Waals surface area contributed by atoms with Crippen molar-refractivity contribution >= 4 is 23.2 Å². The number of benzene rings is 1. The Kier molecular flexibility index (Phi) is 2.97. The predicted molar refractivity (Wildman–Crippen MR) is 61.6 cm³/mol. The molecule has 0 unspecified atom stereocenters. The first-order valence-corrected chi connectivity index (χ1v) is 5.14. The second-order valence-electron chi connectivity index (χ2n) is 3.35. The number of carbonyl (C=O) groups excluding carboxylic acids is 1.